The van der Waals surface area contributed by atoms with Crippen molar-refractivity contribution in [2.75, 3.05) is 5.32 Å². The van der Waals surface area contributed by atoms with Crippen LogP contribution in [0.1, 0.15) is 45.8 Å². The molecule has 2 N–H and O–H groups in total. The zero-order valence-electron chi connectivity index (χ0n) is 18.1. The quantitative estimate of drug-likeness (QED) is 0.418. The molecule has 2 aromatic carbocycles. The minimum atomic E-state index is -0.339. The van der Waals surface area contributed by atoms with Gasteiger partial charge in [0.1, 0.15) is 5.76 Å². The van der Waals surface area contributed by atoms with Crippen molar-refractivity contribution in [3.63, 3.8) is 0 Å². The summed E-state index contributed by atoms with van der Waals surface area (Å²) >= 11 is 1.42. The molecule has 4 aromatic rings. The number of benzene rings is 2. The molecule has 0 unspecified atom stereocenters. The summed E-state index contributed by atoms with van der Waals surface area (Å²) in [4.78, 5) is 29.8. The van der Waals surface area contributed by atoms with E-state index in [0.717, 1.165) is 51.2 Å². The Labute approximate surface area is 194 Å². The summed E-state index contributed by atoms with van der Waals surface area (Å²) in [5.41, 5.74) is 6.70. The van der Waals surface area contributed by atoms with E-state index in [0.29, 0.717) is 11.6 Å². The number of nitrogens with one attached hydrogen (secondary N) is 2. The monoisotopic (exact) mass is 458 g/mol. The lowest BCUT2D eigenvalue weighted by Gasteiger charge is -2.13. The zero-order chi connectivity index (χ0) is 22.8. The van der Waals surface area contributed by atoms with Gasteiger partial charge in [-0.2, -0.15) is 5.10 Å². The molecule has 2 amide bonds. The molecule has 5 rings (SSSR count). The first-order valence-electron chi connectivity index (χ1n) is 10.8. The summed E-state index contributed by atoms with van der Waals surface area (Å²) in [7, 11) is 0. The van der Waals surface area contributed by atoms with Gasteiger partial charge in [0.15, 0.2) is 10.9 Å². The van der Waals surface area contributed by atoms with E-state index in [4.69, 9.17) is 4.42 Å². The second-order valence-corrected chi connectivity index (χ2v) is 8.94. The average Bonchev–Trinajstić information content (AvgIpc) is 3.39. The van der Waals surface area contributed by atoms with Gasteiger partial charge in [-0.05, 0) is 37.5 Å². The molecule has 2 aromatic heterocycles. The summed E-state index contributed by atoms with van der Waals surface area (Å²) in [6.45, 7) is 1.85. The summed E-state index contributed by atoms with van der Waals surface area (Å²) < 4.78 is 6.95. The van der Waals surface area contributed by atoms with Crippen molar-refractivity contribution < 1.29 is 14.0 Å². The molecule has 0 saturated heterocycles. The number of carbonyl (C=O) groups is 2. The zero-order valence-corrected chi connectivity index (χ0v) is 18.9. The number of para-hydroxylation sites is 1. The Balaban J connectivity index is 1.34. The van der Waals surface area contributed by atoms with E-state index in [1.54, 1.807) is 0 Å². The first-order chi connectivity index (χ1) is 16.1. The molecule has 0 aliphatic heterocycles. The third kappa shape index (κ3) is 4.42. The maximum atomic E-state index is 13.0. The van der Waals surface area contributed by atoms with E-state index in [1.165, 1.54) is 11.3 Å². The predicted octanol–water partition coefficient (Wildman–Crippen LogP) is 4.85. The lowest BCUT2D eigenvalue weighted by Crippen LogP contribution is -2.23. The molecule has 0 bridgehead atoms. The van der Waals surface area contributed by atoms with E-state index in [9.17, 15) is 9.59 Å². The molecular formula is C25H22N4O3S. The minimum Gasteiger partial charge on any atom is -0.455 e. The van der Waals surface area contributed by atoms with E-state index in [-0.39, 0.29) is 24.0 Å². The van der Waals surface area contributed by atoms with Crippen molar-refractivity contribution >= 4 is 44.2 Å². The maximum Gasteiger partial charge on any atom is 0.293 e. The average molecular weight is 459 g/mol. The number of carbonyl (C=O) groups excluding carboxylic acids is 2. The number of anilines is 1. The Morgan fingerprint density at radius 2 is 1.88 bits per heavy atom. The third-order valence-electron chi connectivity index (χ3n) is 5.57. The van der Waals surface area contributed by atoms with Crippen LogP contribution in [-0.4, -0.2) is 22.5 Å². The molecule has 1 aliphatic carbocycles. The van der Waals surface area contributed by atoms with Crippen molar-refractivity contribution in [1.29, 1.82) is 0 Å². The number of hydrogen-bond acceptors (Lipinski definition) is 6. The Kier molecular flexibility index (Phi) is 5.75. The van der Waals surface area contributed by atoms with Crippen molar-refractivity contribution in [3.05, 3.63) is 82.8 Å². The standard InChI is InChI=1S/C25H22N4O3S/c1-15-22-18(28-29-21(30)14-16-8-3-2-4-9-16)11-7-12-19(22)32-23(15)24(31)27-25-26-17-10-5-6-13-20(17)33-25/h2-6,8-10,13H,7,11-12,14H2,1H3,(H,29,30)(H,26,27,31)/b28-18+. The van der Waals surface area contributed by atoms with Gasteiger partial charge < -0.3 is 4.42 Å². The first-order valence-corrected chi connectivity index (χ1v) is 11.6. The molecule has 33 heavy (non-hydrogen) atoms. The van der Waals surface area contributed by atoms with Crippen LogP contribution in [0.4, 0.5) is 5.13 Å². The number of aromatic nitrogens is 1. The van der Waals surface area contributed by atoms with Crippen LogP contribution in [0.15, 0.2) is 64.1 Å². The highest BCUT2D eigenvalue weighted by atomic mass is 32.1. The normalized spacial score (nSPS) is 14.3. The molecule has 7 nitrogen and oxygen atoms in total. The van der Waals surface area contributed by atoms with Gasteiger partial charge in [0.05, 0.1) is 22.3 Å². The van der Waals surface area contributed by atoms with Gasteiger partial charge in [0, 0.05) is 17.5 Å². The van der Waals surface area contributed by atoms with Gasteiger partial charge in [0.2, 0.25) is 5.91 Å². The summed E-state index contributed by atoms with van der Waals surface area (Å²) in [6, 6.07) is 17.3. The van der Waals surface area contributed by atoms with Gasteiger partial charge in [-0.3, -0.25) is 14.9 Å². The van der Waals surface area contributed by atoms with Gasteiger partial charge in [-0.1, -0.05) is 53.8 Å². The second kappa shape index (κ2) is 8.99. The smallest absolute Gasteiger partial charge is 0.293 e. The molecule has 0 fully saturated rings. The Bertz CT molecular complexity index is 1340. The largest absolute Gasteiger partial charge is 0.455 e. The fraction of sp³-hybridized carbons (Fsp3) is 0.200. The van der Waals surface area contributed by atoms with Crippen LogP contribution >= 0.6 is 11.3 Å². The molecule has 8 heteroatoms. The van der Waals surface area contributed by atoms with Crippen LogP contribution in [0.2, 0.25) is 0 Å². The van der Waals surface area contributed by atoms with Gasteiger partial charge >= 0.3 is 0 Å². The molecule has 1 aliphatic rings. The third-order valence-corrected chi connectivity index (χ3v) is 6.52. The van der Waals surface area contributed by atoms with Crippen LogP contribution in [-0.2, 0) is 17.6 Å². The molecule has 0 saturated carbocycles. The number of aryl methyl sites for hydroxylation is 1. The van der Waals surface area contributed by atoms with Crippen LogP contribution in [0, 0.1) is 6.92 Å². The van der Waals surface area contributed by atoms with Crippen molar-refractivity contribution in [2.45, 2.75) is 32.6 Å². The van der Waals surface area contributed by atoms with Crippen LogP contribution < -0.4 is 10.7 Å². The second-order valence-electron chi connectivity index (χ2n) is 7.90. The number of thiazole rings is 1. The Morgan fingerprint density at radius 1 is 1.09 bits per heavy atom. The number of amides is 2. The highest BCUT2D eigenvalue weighted by Gasteiger charge is 2.28. The number of hydrazone groups is 1. The van der Waals surface area contributed by atoms with Gasteiger partial charge in [-0.15, -0.1) is 0 Å². The summed E-state index contributed by atoms with van der Waals surface area (Å²) in [6.07, 6.45) is 2.52. The SMILES string of the molecule is Cc1c(C(=O)Nc2nc3ccccc3s2)oc2c1/C(=N/NC(=O)Cc1ccccc1)CCC2. The molecular weight excluding hydrogens is 436 g/mol. The summed E-state index contributed by atoms with van der Waals surface area (Å²) in [5, 5.41) is 7.76. The van der Waals surface area contributed by atoms with E-state index < -0.39 is 0 Å². The van der Waals surface area contributed by atoms with Gasteiger partial charge in [-0.25, -0.2) is 10.4 Å². The maximum absolute atomic E-state index is 13.0. The topological polar surface area (TPSA) is 96.6 Å². The number of nitrogens with zero attached hydrogens (tertiary/aromatic N) is 2. The Hall–Kier alpha value is -3.78. The highest BCUT2D eigenvalue weighted by molar-refractivity contribution is 7.22. The van der Waals surface area contributed by atoms with E-state index in [1.807, 2.05) is 61.5 Å². The van der Waals surface area contributed by atoms with Crippen LogP contribution in [0.25, 0.3) is 10.2 Å². The summed E-state index contributed by atoms with van der Waals surface area (Å²) in [5.74, 6) is 0.456. The lowest BCUT2D eigenvalue weighted by molar-refractivity contribution is -0.120. The first kappa shape index (κ1) is 21.1. The minimum absolute atomic E-state index is 0.184. The van der Waals surface area contributed by atoms with E-state index >= 15 is 0 Å². The number of rotatable bonds is 5. The van der Waals surface area contributed by atoms with Crippen molar-refractivity contribution in [3.8, 4) is 0 Å². The van der Waals surface area contributed by atoms with E-state index in [2.05, 4.69) is 20.8 Å². The fourth-order valence-corrected chi connectivity index (χ4v) is 4.89. The predicted molar refractivity (Wildman–Crippen MR) is 129 cm³/mol. The Morgan fingerprint density at radius 3 is 2.70 bits per heavy atom. The molecule has 0 spiro atoms. The van der Waals surface area contributed by atoms with Crippen molar-refractivity contribution in [1.82, 2.24) is 10.4 Å². The van der Waals surface area contributed by atoms with Crippen LogP contribution in [0.5, 0.6) is 0 Å². The van der Waals surface area contributed by atoms with Gasteiger partial charge in [0.25, 0.3) is 5.91 Å². The van der Waals surface area contributed by atoms with Crippen molar-refractivity contribution in [2.24, 2.45) is 5.10 Å². The number of hydrogen-bond donors (Lipinski definition) is 2. The molecule has 2 heterocycles. The molecule has 0 atom stereocenters. The fourth-order valence-electron chi connectivity index (χ4n) is 4.03. The lowest BCUT2D eigenvalue weighted by atomic mass is 9.93. The number of fused-ring (bicyclic) bond motifs is 2. The number of furan rings is 1. The molecule has 0 radical (unpaired) electrons. The van der Waals surface area contributed by atoms with Crippen LogP contribution in [0.3, 0.4) is 0 Å². The molecule has 166 valence electrons. The highest BCUT2D eigenvalue weighted by Crippen LogP contribution is 2.31.